The molecular formula is C13H18N4O2S. The van der Waals surface area contributed by atoms with Gasteiger partial charge in [0.05, 0.1) is 4.90 Å². The van der Waals surface area contributed by atoms with Gasteiger partial charge in [0.15, 0.2) is 0 Å². The second-order valence-electron chi connectivity index (χ2n) is 4.52. The van der Waals surface area contributed by atoms with Crippen LogP contribution in [0.15, 0.2) is 35.5 Å². The normalized spacial score (nSPS) is 11.7. The number of aromatic nitrogens is 2. The number of hydrogen-bond donors (Lipinski definition) is 3. The van der Waals surface area contributed by atoms with Gasteiger partial charge in [0.2, 0.25) is 10.0 Å². The molecule has 108 valence electrons. The molecule has 0 aliphatic heterocycles. The number of aromatic amines is 1. The molecule has 7 heteroatoms. The number of sulfonamides is 1. The van der Waals surface area contributed by atoms with E-state index < -0.39 is 10.0 Å². The van der Waals surface area contributed by atoms with Crippen molar-refractivity contribution in [2.24, 2.45) is 0 Å². The lowest BCUT2D eigenvalue weighted by atomic mass is 10.2. The van der Waals surface area contributed by atoms with Crippen molar-refractivity contribution in [1.82, 2.24) is 20.0 Å². The summed E-state index contributed by atoms with van der Waals surface area (Å²) >= 11 is 0. The summed E-state index contributed by atoms with van der Waals surface area (Å²) in [7, 11) is -1.70. The van der Waals surface area contributed by atoms with Crippen molar-refractivity contribution in [3.8, 4) is 0 Å². The molecule has 0 amide bonds. The summed E-state index contributed by atoms with van der Waals surface area (Å²) in [6.07, 6.45) is 3.16. The summed E-state index contributed by atoms with van der Waals surface area (Å²) in [5, 5.41) is 2.96. The highest BCUT2D eigenvalue weighted by atomic mass is 32.2. The predicted octanol–water partition coefficient (Wildman–Crippen LogP) is 0.916. The highest BCUT2D eigenvalue weighted by Gasteiger charge is 2.15. The van der Waals surface area contributed by atoms with Gasteiger partial charge in [0.25, 0.3) is 0 Å². The minimum absolute atomic E-state index is 0.224. The van der Waals surface area contributed by atoms with Gasteiger partial charge in [-0.2, -0.15) is 0 Å². The third-order valence-electron chi connectivity index (χ3n) is 2.83. The number of nitrogens with zero attached hydrogens (tertiary/aromatic N) is 1. The Balaban J connectivity index is 2.04. The molecule has 0 atom stereocenters. The van der Waals surface area contributed by atoms with E-state index in [2.05, 4.69) is 20.0 Å². The average molecular weight is 294 g/mol. The predicted molar refractivity (Wildman–Crippen MR) is 76.6 cm³/mol. The molecule has 0 aliphatic carbocycles. The molecule has 2 aromatic heterocycles. The van der Waals surface area contributed by atoms with E-state index in [9.17, 15) is 8.42 Å². The molecule has 0 unspecified atom stereocenters. The lowest BCUT2D eigenvalue weighted by Crippen LogP contribution is -2.22. The van der Waals surface area contributed by atoms with Crippen molar-refractivity contribution in [2.75, 3.05) is 7.05 Å². The average Bonchev–Trinajstić information content (AvgIpc) is 2.88. The largest absolute Gasteiger partial charge is 0.363 e. The number of pyridine rings is 1. The highest BCUT2D eigenvalue weighted by molar-refractivity contribution is 7.89. The van der Waals surface area contributed by atoms with Crippen molar-refractivity contribution in [3.05, 3.63) is 47.5 Å². The van der Waals surface area contributed by atoms with E-state index in [1.807, 2.05) is 19.1 Å². The van der Waals surface area contributed by atoms with Gasteiger partial charge in [-0.3, -0.25) is 4.98 Å². The lowest BCUT2D eigenvalue weighted by Gasteiger charge is -2.05. The fourth-order valence-electron chi connectivity index (χ4n) is 1.73. The molecule has 0 bridgehead atoms. The summed E-state index contributed by atoms with van der Waals surface area (Å²) in [6.45, 7) is 2.70. The molecule has 2 aromatic rings. The van der Waals surface area contributed by atoms with E-state index in [0.29, 0.717) is 6.54 Å². The van der Waals surface area contributed by atoms with Crippen molar-refractivity contribution in [1.29, 1.82) is 0 Å². The summed E-state index contributed by atoms with van der Waals surface area (Å²) in [5.41, 5.74) is 2.55. The van der Waals surface area contributed by atoms with Crippen LogP contribution in [-0.2, 0) is 23.1 Å². The third-order valence-corrected chi connectivity index (χ3v) is 4.21. The van der Waals surface area contributed by atoms with Crippen molar-refractivity contribution >= 4 is 10.0 Å². The maximum absolute atomic E-state index is 12.1. The Kier molecular flexibility index (Phi) is 4.53. The van der Waals surface area contributed by atoms with Crippen LogP contribution in [0.3, 0.4) is 0 Å². The Morgan fingerprint density at radius 1 is 1.30 bits per heavy atom. The molecule has 0 spiro atoms. The second kappa shape index (κ2) is 6.17. The van der Waals surface area contributed by atoms with Crippen LogP contribution < -0.4 is 10.0 Å². The molecule has 0 fully saturated rings. The monoisotopic (exact) mass is 294 g/mol. The summed E-state index contributed by atoms with van der Waals surface area (Å²) in [6, 6.07) is 5.32. The van der Waals surface area contributed by atoms with Gasteiger partial charge in [-0.15, -0.1) is 0 Å². The molecule has 6 nitrogen and oxygen atoms in total. The molecule has 0 radical (unpaired) electrons. The number of nitrogens with one attached hydrogen (secondary N) is 3. The first-order valence-corrected chi connectivity index (χ1v) is 7.72. The second-order valence-corrected chi connectivity index (χ2v) is 6.29. The first-order chi connectivity index (χ1) is 9.51. The van der Waals surface area contributed by atoms with E-state index in [1.54, 1.807) is 19.3 Å². The van der Waals surface area contributed by atoms with Crippen LogP contribution in [0, 0.1) is 6.92 Å². The topological polar surface area (TPSA) is 86.9 Å². The van der Waals surface area contributed by atoms with Crippen LogP contribution in [0.1, 0.15) is 17.0 Å². The maximum Gasteiger partial charge on any atom is 0.242 e. The zero-order valence-corrected chi connectivity index (χ0v) is 12.3. The molecule has 0 aromatic carbocycles. The van der Waals surface area contributed by atoms with Crippen molar-refractivity contribution in [2.45, 2.75) is 24.9 Å². The third kappa shape index (κ3) is 3.66. The fraction of sp³-hybridized carbons (Fsp3) is 0.308. The summed E-state index contributed by atoms with van der Waals surface area (Å²) in [5.74, 6) is 0. The SMILES string of the molecule is CNCc1cc(S(=O)(=O)NCc2ccc(C)nc2)c[nH]1. The van der Waals surface area contributed by atoms with Crippen molar-refractivity contribution < 1.29 is 8.42 Å². The van der Waals surface area contributed by atoms with E-state index in [-0.39, 0.29) is 11.4 Å². The Morgan fingerprint density at radius 2 is 2.10 bits per heavy atom. The number of rotatable bonds is 6. The molecule has 2 rings (SSSR count). The number of H-pyrrole nitrogens is 1. The molecule has 0 saturated heterocycles. The number of hydrogen-bond acceptors (Lipinski definition) is 4. The van der Waals surface area contributed by atoms with E-state index in [0.717, 1.165) is 17.0 Å². The fourth-order valence-corrected chi connectivity index (χ4v) is 2.77. The zero-order chi connectivity index (χ0) is 14.6. The van der Waals surface area contributed by atoms with Crippen LogP contribution in [0.5, 0.6) is 0 Å². The van der Waals surface area contributed by atoms with Gasteiger partial charge in [0.1, 0.15) is 0 Å². The molecule has 3 N–H and O–H groups in total. The van der Waals surface area contributed by atoms with Gasteiger partial charge in [-0.1, -0.05) is 6.07 Å². The lowest BCUT2D eigenvalue weighted by molar-refractivity contribution is 0.581. The Bertz CT molecular complexity index is 662. The first-order valence-electron chi connectivity index (χ1n) is 6.24. The van der Waals surface area contributed by atoms with E-state index >= 15 is 0 Å². The minimum atomic E-state index is -3.50. The molecule has 0 aliphatic rings. The summed E-state index contributed by atoms with van der Waals surface area (Å²) < 4.78 is 26.8. The smallest absolute Gasteiger partial charge is 0.242 e. The molecule has 0 saturated carbocycles. The maximum atomic E-state index is 12.1. The quantitative estimate of drug-likeness (QED) is 0.739. The van der Waals surface area contributed by atoms with Crippen LogP contribution in [0.4, 0.5) is 0 Å². The molecular weight excluding hydrogens is 276 g/mol. The zero-order valence-electron chi connectivity index (χ0n) is 11.5. The summed E-state index contributed by atoms with van der Waals surface area (Å²) in [4.78, 5) is 7.29. The van der Waals surface area contributed by atoms with Gasteiger partial charge < -0.3 is 10.3 Å². The molecule has 2 heterocycles. The van der Waals surface area contributed by atoms with Gasteiger partial charge in [0, 0.05) is 36.9 Å². The van der Waals surface area contributed by atoms with Crippen molar-refractivity contribution in [3.63, 3.8) is 0 Å². The minimum Gasteiger partial charge on any atom is -0.363 e. The Hall–Kier alpha value is -1.70. The van der Waals surface area contributed by atoms with E-state index in [4.69, 9.17) is 0 Å². The van der Waals surface area contributed by atoms with Crippen LogP contribution >= 0.6 is 0 Å². The first kappa shape index (κ1) is 14.7. The Labute approximate surface area is 118 Å². The molecule has 20 heavy (non-hydrogen) atoms. The standard InChI is InChI=1S/C13H18N4O2S/c1-10-3-4-11(6-15-10)7-17-20(18,19)13-5-12(8-14-2)16-9-13/h3-6,9,14,16-17H,7-8H2,1-2H3. The van der Waals surface area contributed by atoms with Crippen LogP contribution in [-0.4, -0.2) is 25.4 Å². The number of aryl methyl sites for hydroxylation is 1. The van der Waals surface area contributed by atoms with Gasteiger partial charge >= 0.3 is 0 Å². The van der Waals surface area contributed by atoms with Crippen LogP contribution in [0.25, 0.3) is 0 Å². The van der Waals surface area contributed by atoms with E-state index in [1.165, 1.54) is 6.20 Å². The van der Waals surface area contributed by atoms with Gasteiger partial charge in [-0.25, -0.2) is 13.1 Å². The van der Waals surface area contributed by atoms with Gasteiger partial charge in [-0.05, 0) is 31.7 Å². The highest BCUT2D eigenvalue weighted by Crippen LogP contribution is 2.11. The Morgan fingerprint density at radius 3 is 2.75 bits per heavy atom. The van der Waals surface area contributed by atoms with Crippen LogP contribution in [0.2, 0.25) is 0 Å².